The maximum atomic E-state index is 11.2. The molecule has 1 amide bonds. The lowest BCUT2D eigenvalue weighted by Crippen LogP contribution is -2.10. The van der Waals surface area contributed by atoms with Crippen LogP contribution in [-0.2, 0) is 0 Å². The van der Waals surface area contributed by atoms with Gasteiger partial charge in [-0.3, -0.25) is 4.79 Å². The molecule has 0 unspecified atom stereocenters. The van der Waals surface area contributed by atoms with Gasteiger partial charge in [-0.2, -0.15) is 0 Å². The van der Waals surface area contributed by atoms with Crippen molar-refractivity contribution in [3.05, 3.63) is 42.0 Å². The Labute approximate surface area is 122 Å². The van der Waals surface area contributed by atoms with Crippen LogP contribution in [0.1, 0.15) is 10.4 Å². The van der Waals surface area contributed by atoms with Gasteiger partial charge in [0.2, 0.25) is 5.91 Å². The number of rotatable bonds is 5. The van der Waals surface area contributed by atoms with E-state index in [1.165, 1.54) is 13.2 Å². The lowest BCUT2D eigenvalue weighted by Gasteiger charge is -2.13. The van der Waals surface area contributed by atoms with Crippen LogP contribution >= 0.6 is 0 Å². The zero-order valence-electron chi connectivity index (χ0n) is 11.8. The molecular formula is C15H16N2O4. The van der Waals surface area contributed by atoms with Gasteiger partial charge in [-0.05, 0) is 30.3 Å². The van der Waals surface area contributed by atoms with E-state index in [0.29, 0.717) is 34.2 Å². The topological polar surface area (TPSA) is 96.8 Å². The summed E-state index contributed by atoms with van der Waals surface area (Å²) >= 11 is 0. The molecule has 6 heteroatoms. The number of hydrogen-bond donors (Lipinski definition) is 2. The first-order chi connectivity index (χ1) is 10.0. The van der Waals surface area contributed by atoms with Crippen molar-refractivity contribution in [2.24, 2.45) is 5.73 Å². The molecule has 0 aliphatic carbocycles. The normalized spacial score (nSPS) is 10.0. The SMILES string of the molecule is COc1ccc(N)c(Oc2ccc(C(N)=O)cc2OC)c1. The van der Waals surface area contributed by atoms with Crippen LogP contribution in [0.5, 0.6) is 23.0 Å². The number of carbonyl (C=O) groups is 1. The van der Waals surface area contributed by atoms with Crippen molar-refractivity contribution in [3.8, 4) is 23.0 Å². The Bertz CT molecular complexity index is 671. The highest BCUT2D eigenvalue weighted by molar-refractivity contribution is 5.93. The van der Waals surface area contributed by atoms with Crippen LogP contribution in [-0.4, -0.2) is 20.1 Å². The third-order valence-corrected chi connectivity index (χ3v) is 2.89. The molecule has 0 aromatic heterocycles. The fourth-order valence-corrected chi connectivity index (χ4v) is 1.75. The summed E-state index contributed by atoms with van der Waals surface area (Å²) in [6.07, 6.45) is 0. The van der Waals surface area contributed by atoms with E-state index < -0.39 is 5.91 Å². The summed E-state index contributed by atoms with van der Waals surface area (Å²) in [7, 11) is 3.03. The smallest absolute Gasteiger partial charge is 0.248 e. The third-order valence-electron chi connectivity index (χ3n) is 2.89. The molecule has 2 aromatic carbocycles. The molecule has 0 aliphatic heterocycles. The fourth-order valence-electron chi connectivity index (χ4n) is 1.75. The van der Waals surface area contributed by atoms with Crippen molar-refractivity contribution in [1.82, 2.24) is 0 Å². The molecular weight excluding hydrogens is 272 g/mol. The van der Waals surface area contributed by atoms with Gasteiger partial charge in [0.25, 0.3) is 0 Å². The highest BCUT2D eigenvalue weighted by Crippen LogP contribution is 2.36. The van der Waals surface area contributed by atoms with Crippen molar-refractivity contribution >= 4 is 11.6 Å². The van der Waals surface area contributed by atoms with Crippen LogP contribution in [0, 0.1) is 0 Å². The minimum atomic E-state index is -0.541. The average molecular weight is 288 g/mol. The molecule has 0 saturated heterocycles. The van der Waals surface area contributed by atoms with Gasteiger partial charge in [0.05, 0.1) is 19.9 Å². The lowest BCUT2D eigenvalue weighted by molar-refractivity contribution is 0.1000. The van der Waals surface area contributed by atoms with Gasteiger partial charge in [-0.15, -0.1) is 0 Å². The summed E-state index contributed by atoms with van der Waals surface area (Å²) in [6, 6.07) is 9.73. The van der Waals surface area contributed by atoms with E-state index in [2.05, 4.69) is 0 Å². The Morgan fingerprint density at radius 2 is 1.71 bits per heavy atom. The zero-order chi connectivity index (χ0) is 15.4. The molecule has 6 nitrogen and oxygen atoms in total. The summed E-state index contributed by atoms with van der Waals surface area (Å²) in [4.78, 5) is 11.2. The number of primary amides is 1. The number of ether oxygens (including phenoxy) is 3. The predicted octanol–water partition coefficient (Wildman–Crippen LogP) is 2.18. The van der Waals surface area contributed by atoms with Crippen LogP contribution in [0.2, 0.25) is 0 Å². The lowest BCUT2D eigenvalue weighted by atomic mass is 10.2. The highest BCUT2D eigenvalue weighted by Gasteiger charge is 2.11. The number of hydrogen-bond acceptors (Lipinski definition) is 5. The van der Waals surface area contributed by atoms with Crippen LogP contribution in [0.15, 0.2) is 36.4 Å². The molecule has 0 heterocycles. The molecule has 0 radical (unpaired) electrons. The van der Waals surface area contributed by atoms with Gasteiger partial charge in [0.1, 0.15) is 5.75 Å². The van der Waals surface area contributed by atoms with Gasteiger partial charge in [0.15, 0.2) is 17.2 Å². The number of carbonyl (C=O) groups excluding carboxylic acids is 1. The Balaban J connectivity index is 2.37. The van der Waals surface area contributed by atoms with E-state index in [-0.39, 0.29) is 0 Å². The van der Waals surface area contributed by atoms with Crippen LogP contribution < -0.4 is 25.7 Å². The number of benzene rings is 2. The molecule has 0 fully saturated rings. The van der Waals surface area contributed by atoms with E-state index in [1.807, 2.05) is 0 Å². The first kappa shape index (κ1) is 14.5. The number of amides is 1. The number of methoxy groups -OCH3 is 2. The number of nitrogens with two attached hydrogens (primary N) is 2. The monoisotopic (exact) mass is 288 g/mol. The Morgan fingerprint density at radius 3 is 2.33 bits per heavy atom. The van der Waals surface area contributed by atoms with E-state index >= 15 is 0 Å². The second-order valence-corrected chi connectivity index (χ2v) is 4.24. The third kappa shape index (κ3) is 3.17. The van der Waals surface area contributed by atoms with Crippen LogP contribution in [0.4, 0.5) is 5.69 Å². The molecule has 0 atom stereocenters. The van der Waals surface area contributed by atoms with Gasteiger partial charge in [-0.25, -0.2) is 0 Å². The highest BCUT2D eigenvalue weighted by atomic mass is 16.5. The predicted molar refractivity (Wildman–Crippen MR) is 79.0 cm³/mol. The summed E-state index contributed by atoms with van der Waals surface area (Å²) in [5, 5.41) is 0. The van der Waals surface area contributed by atoms with E-state index in [1.54, 1.807) is 37.4 Å². The number of nitrogen functional groups attached to an aromatic ring is 1. The Kier molecular flexibility index (Phi) is 4.18. The summed E-state index contributed by atoms with van der Waals surface area (Å²) < 4.78 is 16.1. The minimum absolute atomic E-state index is 0.331. The second-order valence-electron chi connectivity index (χ2n) is 4.24. The van der Waals surface area contributed by atoms with Crippen molar-refractivity contribution < 1.29 is 19.0 Å². The quantitative estimate of drug-likeness (QED) is 0.822. The molecule has 4 N–H and O–H groups in total. The molecule has 0 aliphatic rings. The summed E-state index contributed by atoms with van der Waals surface area (Å²) in [6.45, 7) is 0. The fraction of sp³-hybridized carbons (Fsp3) is 0.133. The van der Waals surface area contributed by atoms with Gasteiger partial charge < -0.3 is 25.7 Å². The van der Waals surface area contributed by atoms with Crippen molar-refractivity contribution in [2.75, 3.05) is 20.0 Å². The van der Waals surface area contributed by atoms with E-state index in [0.717, 1.165) is 0 Å². The average Bonchev–Trinajstić information content (AvgIpc) is 2.49. The summed E-state index contributed by atoms with van der Waals surface area (Å²) in [5.74, 6) is 1.31. The molecule has 21 heavy (non-hydrogen) atoms. The molecule has 0 spiro atoms. The van der Waals surface area contributed by atoms with E-state index in [9.17, 15) is 4.79 Å². The first-order valence-corrected chi connectivity index (χ1v) is 6.14. The largest absolute Gasteiger partial charge is 0.497 e. The first-order valence-electron chi connectivity index (χ1n) is 6.14. The van der Waals surface area contributed by atoms with Crippen molar-refractivity contribution in [1.29, 1.82) is 0 Å². The molecule has 0 bridgehead atoms. The van der Waals surface area contributed by atoms with Crippen LogP contribution in [0.25, 0.3) is 0 Å². The molecule has 0 saturated carbocycles. The second kappa shape index (κ2) is 6.04. The maximum absolute atomic E-state index is 11.2. The number of anilines is 1. The van der Waals surface area contributed by atoms with Crippen LogP contribution in [0.3, 0.4) is 0 Å². The molecule has 2 aromatic rings. The van der Waals surface area contributed by atoms with Gasteiger partial charge in [-0.1, -0.05) is 0 Å². The van der Waals surface area contributed by atoms with Crippen molar-refractivity contribution in [2.45, 2.75) is 0 Å². The van der Waals surface area contributed by atoms with Gasteiger partial charge in [0, 0.05) is 11.6 Å². The summed E-state index contributed by atoms with van der Waals surface area (Å²) in [5.41, 5.74) is 11.9. The Morgan fingerprint density at radius 1 is 0.952 bits per heavy atom. The maximum Gasteiger partial charge on any atom is 0.248 e. The molecule has 110 valence electrons. The minimum Gasteiger partial charge on any atom is -0.497 e. The zero-order valence-corrected chi connectivity index (χ0v) is 11.8. The van der Waals surface area contributed by atoms with E-state index in [4.69, 9.17) is 25.7 Å². The molecule has 2 rings (SSSR count). The van der Waals surface area contributed by atoms with Crippen molar-refractivity contribution in [3.63, 3.8) is 0 Å². The standard InChI is InChI=1S/C15H16N2O4/c1-19-10-4-5-11(16)13(8-10)21-12-6-3-9(15(17)18)7-14(12)20-2/h3-8H,16H2,1-2H3,(H2,17,18). The Hall–Kier alpha value is -2.89. The van der Waals surface area contributed by atoms with Gasteiger partial charge >= 0.3 is 0 Å².